The SMILES string of the molecule is CN(c1nc2sc(-c3ncc(Br)cn3)nc2s1)C1CCN(C(=O)OC(C)(C)C)CC1. The van der Waals surface area contributed by atoms with E-state index in [2.05, 4.69) is 42.8 Å². The maximum Gasteiger partial charge on any atom is 0.410 e. The van der Waals surface area contributed by atoms with Gasteiger partial charge in [-0.3, -0.25) is 0 Å². The highest BCUT2D eigenvalue weighted by molar-refractivity contribution is 9.10. The molecule has 1 aliphatic rings. The lowest BCUT2D eigenvalue weighted by Crippen LogP contribution is -2.47. The van der Waals surface area contributed by atoms with E-state index in [0.717, 1.165) is 37.1 Å². The van der Waals surface area contributed by atoms with Crippen LogP contribution in [0.2, 0.25) is 0 Å². The van der Waals surface area contributed by atoms with Gasteiger partial charge in [-0.1, -0.05) is 22.7 Å². The Labute approximate surface area is 191 Å². The predicted octanol–water partition coefficient (Wildman–Crippen LogP) is 4.81. The molecule has 11 heteroatoms. The summed E-state index contributed by atoms with van der Waals surface area (Å²) in [7, 11) is 2.06. The number of piperidine rings is 1. The molecule has 0 radical (unpaired) electrons. The number of likely N-dealkylation sites (tertiary alicyclic amines) is 1. The molecule has 4 heterocycles. The molecular weight excluding hydrogens is 488 g/mol. The van der Waals surface area contributed by atoms with Gasteiger partial charge in [0.15, 0.2) is 25.6 Å². The zero-order valence-corrected chi connectivity index (χ0v) is 20.5. The number of thiazole rings is 2. The van der Waals surface area contributed by atoms with Gasteiger partial charge in [-0.25, -0.2) is 24.7 Å². The molecule has 0 N–H and O–H groups in total. The minimum Gasteiger partial charge on any atom is -0.444 e. The molecule has 160 valence electrons. The lowest BCUT2D eigenvalue weighted by Gasteiger charge is -2.37. The van der Waals surface area contributed by atoms with Gasteiger partial charge < -0.3 is 14.5 Å². The number of hydrogen-bond donors (Lipinski definition) is 0. The van der Waals surface area contributed by atoms with E-state index in [-0.39, 0.29) is 6.09 Å². The van der Waals surface area contributed by atoms with E-state index in [1.165, 1.54) is 11.3 Å². The third-order valence-corrected chi connectivity index (χ3v) is 7.27. The first-order valence-corrected chi connectivity index (χ1v) is 12.1. The van der Waals surface area contributed by atoms with Crippen LogP contribution in [-0.4, -0.2) is 62.7 Å². The molecule has 4 rings (SSSR count). The van der Waals surface area contributed by atoms with Gasteiger partial charge in [-0.15, -0.1) is 0 Å². The van der Waals surface area contributed by atoms with Crippen molar-refractivity contribution >= 4 is 59.5 Å². The Morgan fingerprint density at radius 1 is 1.17 bits per heavy atom. The fourth-order valence-corrected chi connectivity index (χ4v) is 5.44. The fourth-order valence-electron chi connectivity index (χ4n) is 3.22. The lowest BCUT2D eigenvalue weighted by molar-refractivity contribution is 0.0205. The van der Waals surface area contributed by atoms with Crippen LogP contribution in [0.5, 0.6) is 0 Å². The van der Waals surface area contributed by atoms with E-state index in [9.17, 15) is 4.79 Å². The van der Waals surface area contributed by atoms with E-state index in [1.54, 1.807) is 28.6 Å². The number of nitrogens with zero attached hydrogens (tertiary/aromatic N) is 6. The number of anilines is 1. The van der Waals surface area contributed by atoms with Crippen molar-refractivity contribution in [3.8, 4) is 10.8 Å². The Kier molecular flexibility index (Phi) is 5.95. The molecule has 0 aromatic carbocycles. The molecule has 1 aliphatic heterocycles. The van der Waals surface area contributed by atoms with E-state index >= 15 is 0 Å². The Bertz CT molecular complexity index is 1010. The normalized spacial score (nSPS) is 15.6. The number of rotatable bonds is 3. The van der Waals surface area contributed by atoms with Crippen molar-refractivity contribution in [2.45, 2.75) is 45.3 Å². The van der Waals surface area contributed by atoms with Crippen LogP contribution in [0, 0.1) is 0 Å². The second-order valence-electron chi connectivity index (χ2n) is 8.16. The quantitative estimate of drug-likeness (QED) is 0.499. The summed E-state index contributed by atoms with van der Waals surface area (Å²) in [6, 6.07) is 0.332. The summed E-state index contributed by atoms with van der Waals surface area (Å²) < 4.78 is 6.32. The van der Waals surface area contributed by atoms with Gasteiger partial charge in [0, 0.05) is 38.6 Å². The Hall–Kier alpha value is -1.85. The standard InChI is InChI=1S/C19H23BrN6O2S2/c1-19(2,3)28-18(27)26-7-5-12(6-8-26)25(4)17-24-16-15(30-17)23-14(29-16)13-21-9-11(20)10-22-13/h9-10,12H,5-8H2,1-4H3. The number of fused-ring (bicyclic) bond motifs is 1. The summed E-state index contributed by atoms with van der Waals surface area (Å²) in [6.07, 6.45) is 4.97. The summed E-state index contributed by atoms with van der Waals surface area (Å²) in [5.41, 5.74) is -0.468. The van der Waals surface area contributed by atoms with Crippen LogP contribution in [0.15, 0.2) is 16.9 Å². The number of ether oxygens (including phenoxy) is 1. The summed E-state index contributed by atoms with van der Waals surface area (Å²) in [5, 5.41) is 1.72. The Morgan fingerprint density at radius 2 is 1.80 bits per heavy atom. The van der Waals surface area contributed by atoms with Gasteiger partial charge in [0.1, 0.15) is 5.60 Å². The predicted molar refractivity (Wildman–Crippen MR) is 123 cm³/mol. The first-order chi connectivity index (χ1) is 14.2. The van der Waals surface area contributed by atoms with Gasteiger partial charge in [0.25, 0.3) is 0 Å². The van der Waals surface area contributed by atoms with Crippen LogP contribution in [0.1, 0.15) is 33.6 Å². The van der Waals surface area contributed by atoms with Crippen molar-refractivity contribution in [3.05, 3.63) is 16.9 Å². The molecule has 0 atom stereocenters. The smallest absolute Gasteiger partial charge is 0.410 e. The first-order valence-electron chi connectivity index (χ1n) is 9.65. The number of aromatic nitrogens is 4. The molecule has 0 saturated carbocycles. The average Bonchev–Trinajstić information content (AvgIpc) is 3.26. The molecule has 30 heavy (non-hydrogen) atoms. The van der Waals surface area contributed by atoms with Crippen molar-refractivity contribution < 1.29 is 9.53 Å². The van der Waals surface area contributed by atoms with Crippen molar-refractivity contribution in [2.75, 3.05) is 25.0 Å². The molecule has 0 unspecified atom stereocenters. The minimum absolute atomic E-state index is 0.231. The van der Waals surface area contributed by atoms with Gasteiger partial charge in [0.2, 0.25) is 0 Å². The van der Waals surface area contributed by atoms with E-state index in [1.807, 2.05) is 20.8 Å². The van der Waals surface area contributed by atoms with Crippen LogP contribution in [0.3, 0.4) is 0 Å². The van der Waals surface area contributed by atoms with Crippen molar-refractivity contribution in [3.63, 3.8) is 0 Å². The molecule has 0 aliphatic carbocycles. The van der Waals surface area contributed by atoms with Crippen LogP contribution < -0.4 is 4.90 Å². The van der Waals surface area contributed by atoms with Gasteiger partial charge in [0.05, 0.1) is 4.47 Å². The van der Waals surface area contributed by atoms with E-state index in [0.29, 0.717) is 25.0 Å². The topological polar surface area (TPSA) is 84.3 Å². The zero-order valence-electron chi connectivity index (χ0n) is 17.3. The summed E-state index contributed by atoms with van der Waals surface area (Å²) in [6.45, 7) is 7.05. The molecule has 0 bridgehead atoms. The molecule has 1 fully saturated rings. The third-order valence-electron chi connectivity index (χ3n) is 4.74. The number of halogens is 1. The maximum absolute atomic E-state index is 12.3. The number of hydrogen-bond acceptors (Lipinski definition) is 9. The number of carbonyl (C=O) groups excluding carboxylic acids is 1. The average molecular weight is 511 g/mol. The molecule has 0 spiro atoms. The highest BCUT2D eigenvalue weighted by Crippen LogP contribution is 2.36. The second-order valence-corrected chi connectivity index (χ2v) is 11.0. The Balaban J connectivity index is 1.40. The van der Waals surface area contributed by atoms with Crippen LogP contribution >= 0.6 is 38.6 Å². The zero-order chi connectivity index (χ0) is 21.5. The van der Waals surface area contributed by atoms with E-state index in [4.69, 9.17) is 9.72 Å². The first kappa shape index (κ1) is 21.4. The molecule has 3 aromatic heterocycles. The van der Waals surface area contributed by atoms with Crippen LogP contribution in [0.4, 0.5) is 9.93 Å². The van der Waals surface area contributed by atoms with Crippen LogP contribution in [0.25, 0.3) is 20.5 Å². The molecular formula is C19H23BrN6O2S2. The second kappa shape index (κ2) is 8.35. The largest absolute Gasteiger partial charge is 0.444 e. The highest BCUT2D eigenvalue weighted by Gasteiger charge is 2.29. The number of carbonyl (C=O) groups is 1. The van der Waals surface area contributed by atoms with Gasteiger partial charge >= 0.3 is 6.09 Å². The Morgan fingerprint density at radius 3 is 2.40 bits per heavy atom. The molecule has 3 aromatic rings. The van der Waals surface area contributed by atoms with Crippen LogP contribution in [-0.2, 0) is 4.74 Å². The van der Waals surface area contributed by atoms with Crippen molar-refractivity contribution in [2.24, 2.45) is 0 Å². The van der Waals surface area contributed by atoms with Crippen molar-refractivity contribution in [1.82, 2.24) is 24.8 Å². The number of amides is 1. The van der Waals surface area contributed by atoms with Crippen molar-refractivity contribution in [1.29, 1.82) is 0 Å². The fraction of sp³-hybridized carbons (Fsp3) is 0.526. The molecule has 8 nitrogen and oxygen atoms in total. The monoisotopic (exact) mass is 510 g/mol. The van der Waals surface area contributed by atoms with E-state index < -0.39 is 5.60 Å². The van der Waals surface area contributed by atoms with Gasteiger partial charge in [-0.2, -0.15) is 0 Å². The third kappa shape index (κ3) is 4.73. The maximum atomic E-state index is 12.3. The van der Waals surface area contributed by atoms with Gasteiger partial charge in [-0.05, 0) is 49.5 Å². The summed E-state index contributed by atoms with van der Waals surface area (Å²) in [4.78, 5) is 36.1. The summed E-state index contributed by atoms with van der Waals surface area (Å²) >= 11 is 6.43. The molecule has 1 saturated heterocycles. The summed E-state index contributed by atoms with van der Waals surface area (Å²) in [5.74, 6) is 0.609. The minimum atomic E-state index is -0.468. The highest BCUT2D eigenvalue weighted by atomic mass is 79.9. The molecule has 1 amide bonds. The lowest BCUT2D eigenvalue weighted by atomic mass is 10.0.